The van der Waals surface area contributed by atoms with Crippen LogP contribution in [0.5, 0.6) is 5.75 Å². The van der Waals surface area contributed by atoms with Crippen LogP contribution in [0.1, 0.15) is 39.2 Å². The van der Waals surface area contributed by atoms with E-state index in [9.17, 15) is 18.0 Å². The van der Waals surface area contributed by atoms with Crippen molar-refractivity contribution < 1.29 is 22.7 Å². The Morgan fingerprint density at radius 1 is 0.950 bits per heavy atom. The molecule has 0 heterocycles. The number of nitrogens with zero attached hydrogens (tertiary/aromatic N) is 2. The van der Waals surface area contributed by atoms with Crippen LogP contribution in [0.3, 0.4) is 0 Å². The summed E-state index contributed by atoms with van der Waals surface area (Å²) in [6.45, 7) is 5.31. The van der Waals surface area contributed by atoms with Crippen molar-refractivity contribution in [3.63, 3.8) is 0 Å². The molecule has 0 fully saturated rings. The lowest BCUT2D eigenvalue weighted by Gasteiger charge is -2.33. The lowest BCUT2D eigenvalue weighted by molar-refractivity contribution is -0.140. The molecule has 3 rings (SSSR count). The van der Waals surface area contributed by atoms with E-state index < -0.39 is 28.5 Å². The van der Waals surface area contributed by atoms with Crippen molar-refractivity contribution in [2.24, 2.45) is 0 Å². The first-order valence-electron chi connectivity index (χ1n) is 13.2. The fraction of sp³-hybridized carbons (Fsp3) is 0.333. The number of anilines is 1. The number of carbonyl (C=O) groups is 2. The second-order valence-corrected chi connectivity index (χ2v) is 12.2. The van der Waals surface area contributed by atoms with Crippen molar-refractivity contribution in [2.45, 2.75) is 57.1 Å². The molecule has 0 aromatic heterocycles. The van der Waals surface area contributed by atoms with Gasteiger partial charge in [0.1, 0.15) is 18.3 Å². The molecule has 3 aromatic carbocycles. The van der Waals surface area contributed by atoms with Crippen molar-refractivity contribution in [3.05, 3.63) is 88.9 Å². The standard InChI is InChI=1S/C30H36BrN3O5S/c1-5-22(3)32-30(36)28(6-2)33(20-23-11-10-12-26(19-23)39-4)29(35)21-34(25-17-15-24(31)16-18-25)40(37,38)27-13-8-7-9-14-27/h7-19,22,28H,5-6,20-21H2,1-4H3,(H,32,36). The average molecular weight is 631 g/mol. The number of hydrogen-bond donors (Lipinski definition) is 1. The van der Waals surface area contributed by atoms with Crippen LogP contribution >= 0.6 is 15.9 Å². The molecule has 2 atom stereocenters. The first-order chi connectivity index (χ1) is 19.1. The molecule has 0 aliphatic heterocycles. The van der Waals surface area contributed by atoms with Gasteiger partial charge in [0.2, 0.25) is 11.8 Å². The lowest BCUT2D eigenvalue weighted by Crippen LogP contribution is -2.53. The predicted octanol–water partition coefficient (Wildman–Crippen LogP) is 5.38. The van der Waals surface area contributed by atoms with Gasteiger partial charge in [0.25, 0.3) is 10.0 Å². The number of amides is 2. The zero-order chi connectivity index (χ0) is 29.3. The minimum atomic E-state index is -4.10. The molecule has 10 heteroatoms. The maximum atomic E-state index is 14.1. The Balaban J connectivity index is 2.05. The van der Waals surface area contributed by atoms with Crippen molar-refractivity contribution in [2.75, 3.05) is 18.0 Å². The summed E-state index contributed by atoms with van der Waals surface area (Å²) < 4.78 is 34.9. The largest absolute Gasteiger partial charge is 0.497 e. The minimum Gasteiger partial charge on any atom is -0.497 e. The SMILES string of the molecule is CCC(C)NC(=O)C(CC)N(Cc1cccc(OC)c1)C(=O)CN(c1ccc(Br)cc1)S(=O)(=O)c1ccccc1. The number of rotatable bonds is 13. The molecule has 0 saturated carbocycles. The van der Waals surface area contributed by atoms with Gasteiger partial charge in [0.05, 0.1) is 17.7 Å². The second kappa shape index (κ2) is 14.3. The molecule has 214 valence electrons. The van der Waals surface area contributed by atoms with Crippen LogP contribution in [0.15, 0.2) is 88.2 Å². The molecule has 0 aliphatic rings. The fourth-order valence-electron chi connectivity index (χ4n) is 4.18. The lowest BCUT2D eigenvalue weighted by atomic mass is 10.1. The summed E-state index contributed by atoms with van der Waals surface area (Å²) in [5.74, 6) is -0.171. The molecule has 2 unspecified atom stereocenters. The van der Waals surface area contributed by atoms with Gasteiger partial charge < -0.3 is 15.0 Å². The Morgan fingerprint density at radius 2 is 1.62 bits per heavy atom. The van der Waals surface area contributed by atoms with Crippen LogP contribution in [-0.4, -0.2) is 50.9 Å². The van der Waals surface area contributed by atoms with E-state index in [1.54, 1.807) is 61.7 Å². The van der Waals surface area contributed by atoms with Gasteiger partial charge in [-0.3, -0.25) is 13.9 Å². The molecule has 3 aromatic rings. The maximum absolute atomic E-state index is 14.1. The Labute approximate surface area is 245 Å². The van der Waals surface area contributed by atoms with E-state index in [4.69, 9.17) is 4.74 Å². The van der Waals surface area contributed by atoms with E-state index in [0.717, 1.165) is 20.8 Å². The Hall–Kier alpha value is -3.37. The monoisotopic (exact) mass is 629 g/mol. The Kier molecular flexibility index (Phi) is 11.2. The van der Waals surface area contributed by atoms with E-state index in [1.165, 1.54) is 17.0 Å². The molecular weight excluding hydrogens is 594 g/mol. The zero-order valence-corrected chi connectivity index (χ0v) is 25.6. The zero-order valence-electron chi connectivity index (χ0n) is 23.2. The highest BCUT2D eigenvalue weighted by Crippen LogP contribution is 2.26. The number of methoxy groups -OCH3 is 1. The molecule has 0 saturated heterocycles. The summed E-state index contributed by atoms with van der Waals surface area (Å²) in [5.41, 5.74) is 1.09. The van der Waals surface area contributed by atoms with Gasteiger partial charge >= 0.3 is 0 Å². The first-order valence-corrected chi connectivity index (χ1v) is 15.4. The molecule has 0 aliphatic carbocycles. The van der Waals surface area contributed by atoms with Gasteiger partial charge in [-0.1, -0.05) is 60.1 Å². The first kappa shape index (κ1) is 31.2. The van der Waals surface area contributed by atoms with Crippen molar-refractivity contribution in [1.82, 2.24) is 10.2 Å². The number of nitrogens with one attached hydrogen (secondary N) is 1. The van der Waals surface area contributed by atoms with Gasteiger partial charge in [-0.25, -0.2) is 8.42 Å². The highest BCUT2D eigenvalue weighted by atomic mass is 79.9. The smallest absolute Gasteiger partial charge is 0.264 e. The van der Waals surface area contributed by atoms with Gasteiger partial charge in [0, 0.05) is 17.1 Å². The van der Waals surface area contributed by atoms with Gasteiger partial charge in [-0.05, 0) is 73.9 Å². The van der Waals surface area contributed by atoms with Gasteiger partial charge in [-0.15, -0.1) is 0 Å². The summed E-state index contributed by atoms with van der Waals surface area (Å²) in [6.07, 6.45) is 1.08. The highest BCUT2D eigenvalue weighted by molar-refractivity contribution is 9.10. The molecule has 0 radical (unpaired) electrons. The summed E-state index contributed by atoms with van der Waals surface area (Å²) >= 11 is 3.38. The number of ether oxygens (including phenoxy) is 1. The van der Waals surface area contributed by atoms with Crippen molar-refractivity contribution in [3.8, 4) is 5.75 Å². The number of benzene rings is 3. The third kappa shape index (κ3) is 7.85. The van der Waals surface area contributed by atoms with E-state index in [-0.39, 0.29) is 23.4 Å². The van der Waals surface area contributed by atoms with Gasteiger partial charge in [-0.2, -0.15) is 0 Å². The molecule has 40 heavy (non-hydrogen) atoms. The average Bonchev–Trinajstić information content (AvgIpc) is 2.96. The summed E-state index contributed by atoms with van der Waals surface area (Å²) in [4.78, 5) is 29.0. The predicted molar refractivity (Wildman–Crippen MR) is 161 cm³/mol. The summed E-state index contributed by atoms with van der Waals surface area (Å²) in [6, 6.07) is 21.1. The normalized spacial score (nSPS) is 12.7. The third-order valence-corrected chi connectivity index (χ3v) is 8.92. The number of hydrogen-bond acceptors (Lipinski definition) is 5. The molecule has 0 spiro atoms. The number of carbonyl (C=O) groups excluding carboxylic acids is 2. The quantitative estimate of drug-likeness (QED) is 0.274. The number of sulfonamides is 1. The fourth-order valence-corrected chi connectivity index (χ4v) is 5.88. The van der Waals surface area contributed by atoms with Crippen LogP contribution in [0.25, 0.3) is 0 Å². The number of halogens is 1. The molecule has 8 nitrogen and oxygen atoms in total. The second-order valence-electron chi connectivity index (χ2n) is 9.42. The minimum absolute atomic E-state index is 0.0617. The van der Waals surface area contributed by atoms with E-state index in [0.29, 0.717) is 17.9 Å². The molecule has 0 bridgehead atoms. The van der Waals surface area contributed by atoms with Crippen LogP contribution in [-0.2, 0) is 26.2 Å². The van der Waals surface area contributed by atoms with E-state index in [2.05, 4.69) is 21.2 Å². The van der Waals surface area contributed by atoms with Crippen LogP contribution in [0, 0.1) is 0 Å². The summed E-state index contributed by atoms with van der Waals surface area (Å²) in [5, 5.41) is 2.98. The van der Waals surface area contributed by atoms with E-state index in [1.807, 2.05) is 32.9 Å². The Morgan fingerprint density at radius 3 is 2.23 bits per heavy atom. The van der Waals surface area contributed by atoms with E-state index >= 15 is 0 Å². The summed E-state index contributed by atoms with van der Waals surface area (Å²) in [7, 11) is -2.55. The van der Waals surface area contributed by atoms with Crippen molar-refractivity contribution >= 4 is 43.5 Å². The topological polar surface area (TPSA) is 96.0 Å². The van der Waals surface area contributed by atoms with Crippen LogP contribution in [0.2, 0.25) is 0 Å². The van der Waals surface area contributed by atoms with Crippen molar-refractivity contribution in [1.29, 1.82) is 0 Å². The third-order valence-electron chi connectivity index (χ3n) is 6.60. The van der Waals surface area contributed by atoms with Crippen LogP contribution in [0.4, 0.5) is 5.69 Å². The highest BCUT2D eigenvalue weighted by Gasteiger charge is 2.34. The molecule has 1 N–H and O–H groups in total. The van der Waals surface area contributed by atoms with Crippen LogP contribution < -0.4 is 14.4 Å². The molecular formula is C30H36BrN3O5S. The van der Waals surface area contributed by atoms with Gasteiger partial charge in [0.15, 0.2) is 0 Å². The molecule has 2 amide bonds. The maximum Gasteiger partial charge on any atom is 0.264 e. The Bertz CT molecular complexity index is 1380.